The molecule has 2 rings (SSSR count). The Balaban J connectivity index is 2.20. The van der Waals surface area contributed by atoms with E-state index in [1.165, 1.54) is 10.4 Å². The summed E-state index contributed by atoms with van der Waals surface area (Å²) in [5.74, 6) is 0.638. The third-order valence-corrected chi connectivity index (χ3v) is 3.43. The smallest absolute Gasteiger partial charge is 0.183 e. The van der Waals surface area contributed by atoms with E-state index in [1.807, 2.05) is 6.07 Å². The van der Waals surface area contributed by atoms with Gasteiger partial charge in [-0.05, 0) is 12.8 Å². The lowest BCUT2D eigenvalue weighted by atomic mass is 10.1. The molecule has 2 nitrogen and oxygen atoms in total. The van der Waals surface area contributed by atoms with Crippen LogP contribution in [0.15, 0.2) is 30.3 Å². The number of aromatic nitrogens is 1. The number of thiazole rings is 1. The van der Waals surface area contributed by atoms with Crippen molar-refractivity contribution in [2.45, 2.75) is 20.8 Å². The minimum Gasteiger partial charge on any atom is -0.361 e. The third-order valence-electron chi connectivity index (χ3n) is 2.51. The molecule has 0 saturated heterocycles. The number of hydrogen-bond donors (Lipinski definition) is 1. The van der Waals surface area contributed by atoms with Gasteiger partial charge in [0.2, 0.25) is 0 Å². The van der Waals surface area contributed by atoms with Crippen LogP contribution in [-0.4, -0.2) is 11.5 Å². The molecule has 0 radical (unpaired) electrons. The summed E-state index contributed by atoms with van der Waals surface area (Å²) < 4.78 is 0. The van der Waals surface area contributed by atoms with Crippen LogP contribution >= 0.6 is 11.3 Å². The van der Waals surface area contributed by atoms with Crippen LogP contribution in [0.3, 0.4) is 0 Å². The number of aryl methyl sites for hydroxylation is 1. The van der Waals surface area contributed by atoms with Crippen molar-refractivity contribution in [3.63, 3.8) is 0 Å². The minimum atomic E-state index is 0.638. The number of hydrogen-bond acceptors (Lipinski definition) is 3. The zero-order valence-electron chi connectivity index (χ0n) is 10.5. The van der Waals surface area contributed by atoms with Crippen LogP contribution in [0.5, 0.6) is 0 Å². The van der Waals surface area contributed by atoms with Crippen molar-refractivity contribution in [2.75, 3.05) is 11.9 Å². The highest BCUT2D eigenvalue weighted by molar-refractivity contribution is 7.16. The first kappa shape index (κ1) is 12.1. The fourth-order valence-electron chi connectivity index (χ4n) is 1.63. The van der Waals surface area contributed by atoms with E-state index in [2.05, 4.69) is 55.3 Å². The van der Waals surface area contributed by atoms with Crippen LogP contribution in [0.25, 0.3) is 11.3 Å². The van der Waals surface area contributed by atoms with E-state index >= 15 is 0 Å². The molecular weight excluding hydrogens is 228 g/mol. The molecule has 0 spiro atoms. The van der Waals surface area contributed by atoms with Crippen molar-refractivity contribution < 1.29 is 0 Å². The molecule has 90 valence electrons. The minimum absolute atomic E-state index is 0.638. The molecule has 1 heterocycles. The van der Waals surface area contributed by atoms with Crippen molar-refractivity contribution in [3.05, 3.63) is 35.2 Å². The van der Waals surface area contributed by atoms with Crippen molar-refractivity contribution in [1.82, 2.24) is 4.98 Å². The van der Waals surface area contributed by atoms with E-state index in [4.69, 9.17) is 0 Å². The van der Waals surface area contributed by atoms with Crippen molar-refractivity contribution >= 4 is 16.5 Å². The van der Waals surface area contributed by atoms with Crippen molar-refractivity contribution in [2.24, 2.45) is 5.92 Å². The van der Waals surface area contributed by atoms with Gasteiger partial charge in [0, 0.05) is 17.0 Å². The monoisotopic (exact) mass is 246 g/mol. The van der Waals surface area contributed by atoms with Crippen LogP contribution < -0.4 is 5.32 Å². The van der Waals surface area contributed by atoms with Gasteiger partial charge in [-0.1, -0.05) is 44.2 Å². The molecule has 3 heteroatoms. The largest absolute Gasteiger partial charge is 0.361 e. The first-order valence-corrected chi connectivity index (χ1v) is 6.75. The second-order valence-corrected chi connectivity index (χ2v) is 5.77. The molecule has 1 aromatic heterocycles. The van der Waals surface area contributed by atoms with Gasteiger partial charge in [0.25, 0.3) is 0 Å². The predicted octanol–water partition coefficient (Wildman–Crippen LogP) is 4.19. The number of anilines is 1. The van der Waals surface area contributed by atoms with Gasteiger partial charge in [-0.3, -0.25) is 0 Å². The van der Waals surface area contributed by atoms with Gasteiger partial charge in [0.05, 0.1) is 5.69 Å². The molecule has 0 aliphatic heterocycles. The Morgan fingerprint density at radius 1 is 1.24 bits per heavy atom. The second kappa shape index (κ2) is 5.32. The quantitative estimate of drug-likeness (QED) is 0.875. The van der Waals surface area contributed by atoms with Crippen LogP contribution in [0.2, 0.25) is 0 Å². The molecular formula is C14H18N2S. The molecule has 0 bridgehead atoms. The average Bonchev–Trinajstić information content (AvgIpc) is 2.69. The van der Waals surface area contributed by atoms with Crippen LogP contribution in [-0.2, 0) is 0 Å². The summed E-state index contributed by atoms with van der Waals surface area (Å²) in [6.45, 7) is 7.50. The number of nitrogens with one attached hydrogen (secondary N) is 1. The fraction of sp³-hybridized carbons (Fsp3) is 0.357. The first-order chi connectivity index (χ1) is 8.16. The molecule has 0 atom stereocenters. The third kappa shape index (κ3) is 3.07. The van der Waals surface area contributed by atoms with Crippen molar-refractivity contribution in [1.29, 1.82) is 0 Å². The Bertz CT molecular complexity index is 474. The molecule has 17 heavy (non-hydrogen) atoms. The first-order valence-electron chi connectivity index (χ1n) is 5.93. The van der Waals surface area contributed by atoms with E-state index in [9.17, 15) is 0 Å². The summed E-state index contributed by atoms with van der Waals surface area (Å²) >= 11 is 1.73. The maximum atomic E-state index is 4.66. The lowest BCUT2D eigenvalue weighted by molar-refractivity contribution is 0.688. The van der Waals surface area contributed by atoms with E-state index in [1.54, 1.807) is 11.3 Å². The summed E-state index contributed by atoms with van der Waals surface area (Å²) in [5, 5.41) is 4.41. The number of benzene rings is 1. The Labute approximate surface area is 107 Å². The van der Waals surface area contributed by atoms with E-state index < -0.39 is 0 Å². The lowest BCUT2D eigenvalue weighted by Gasteiger charge is -2.04. The van der Waals surface area contributed by atoms with E-state index in [0.717, 1.165) is 17.4 Å². The Morgan fingerprint density at radius 2 is 1.94 bits per heavy atom. The van der Waals surface area contributed by atoms with E-state index in [-0.39, 0.29) is 0 Å². The van der Waals surface area contributed by atoms with Gasteiger partial charge in [0.15, 0.2) is 5.13 Å². The zero-order chi connectivity index (χ0) is 12.3. The Morgan fingerprint density at radius 3 is 2.59 bits per heavy atom. The van der Waals surface area contributed by atoms with Crippen LogP contribution in [0.4, 0.5) is 5.13 Å². The standard InChI is InChI=1S/C14H18N2S/c1-10(2)9-15-14-16-13(11(3)17-14)12-7-5-4-6-8-12/h4-8,10H,9H2,1-3H3,(H,15,16). The lowest BCUT2D eigenvalue weighted by Crippen LogP contribution is -2.07. The molecule has 0 saturated carbocycles. The topological polar surface area (TPSA) is 24.9 Å². The highest BCUT2D eigenvalue weighted by Gasteiger charge is 2.09. The average molecular weight is 246 g/mol. The fourth-order valence-corrected chi connectivity index (χ4v) is 2.47. The zero-order valence-corrected chi connectivity index (χ0v) is 11.3. The predicted molar refractivity (Wildman–Crippen MR) is 75.6 cm³/mol. The molecule has 0 unspecified atom stereocenters. The molecule has 2 aromatic rings. The van der Waals surface area contributed by atoms with Crippen molar-refractivity contribution in [3.8, 4) is 11.3 Å². The molecule has 0 fully saturated rings. The van der Waals surface area contributed by atoms with Gasteiger partial charge in [0.1, 0.15) is 0 Å². The van der Waals surface area contributed by atoms with E-state index in [0.29, 0.717) is 5.92 Å². The molecule has 1 aromatic carbocycles. The van der Waals surface area contributed by atoms with Gasteiger partial charge in [-0.25, -0.2) is 4.98 Å². The highest BCUT2D eigenvalue weighted by atomic mass is 32.1. The maximum absolute atomic E-state index is 4.66. The maximum Gasteiger partial charge on any atom is 0.183 e. The SMILES string of the molecule is Cc1sc(NCC(C)C)nc1-c1ccccc1. The number of nitrogens with zero attached hydrogens (tertiary/aromatic N) is 1. The Kier molecular flexibility index (Phi) is 3.79. The molecule has 0 aliphatic rings. The normalized spacial score (nSPS) is 10.8. The van der Waals surface area contributed by atoms with Gasteiger partial charge in [-0.2, -0.15) is 0 Å². The summed E-state index contributed by atoms with van der Waals surface area (Å²) in [6.07, 6.45) is 0. The van der Waals surface area contributed by atoms with Crippen LogP contribution in [0.1, 0.15) is 18.7 Å². The molecule has 0 aliphatic carbocycles. The summed E-state index contributed by atoms with van der Waals surface area (Å²) in [4.78, 5) is 5.93. The summed E-state index contributed by atoms with van der Waals surface area (Å²) in [7, 11) is 0. The second-order valence-electron chi connectivity index (χ2n) is 4.56. The number of rotatable bonds is 4. The summed E-state index contributed by atoms with van der Waals surface area (Å²) in [5.41, 5.74) is 2.29. The van der Waals surface area contributed by atoms with Gasteiger partial charge >= 0.3 is 0 Å². The highest BCUT2D eigenvalue weighted by Crippen LogP contribution is 2.30. The summed E-state index contributed by atoms with van der Waals surface area (Å²) in [6, 6.07) is 10.3. The molecule has 1 N–H and O–H groups in total. The van der Waals surface area contributed by atoms with Gasteiger partial charge in [-0.15, -0.1) is 11.3 Å². The Hall–Kier alpha value is -1.35. The molecule has 0 amide bonds. The van der Waals surface area contributed by atoms with Crippen LogP contribution in [0, 0.1) is 12.8 Å². The van der Waals surface area contributed by atoms with Gasteiger partial charge < -0.3 is 5.32 Å².